The largest absolute Gasteiger partial charge is 0.343 e. The first-order chi connectivity index (χ1) is 9.31. The molecular formula is C18H32N+. The van der Waals surface area contributed by atoms with Gasteiger partial charge in [-0.05, 0) is 75.5 Å². The quantitative estimate of drug-likeness (QED) is 0.802. The van der Waals surface area contributed by atoms with E-state index in [9.17, 15) is 0 Å². The van der Waals surface area contributed by atoms with Crippen molar-refractivity contribution in [2.75, 3.05) is 6.54 Å². The maximum Gasteiger partial charge on any atom is 0.0859 e. The molecule has 1 nitrogen and oxygen atoms in total. The van der Waals surface area contributed by atoms with Crippen LogP contribution < -0.4 is 5.32 Å². The Kier molecular flexibility index (Phi) is 3.38. The Morgan fingerprint density at radius 3 is 2.05 bits per heavy atom. The topological polar surface area (TPSA) is 16.6 Å². The number of nitrogens with two attached hydrogens (primary N) is 1. The lowest BCUT2D eigenvalue weighted by Crippen LogP contribution is -2.92. The van der Waals surface area contributed by atoms with E-state index >= 15 is 0 Å². The molecule has 0 saturated heterocycles. The van der Waals surface area contributed by atoms with E-state index in [-0.39, 0.29) is 0 Å². The van der Waals surface area contributed by atoms with E-state index in [2.05, 4.69) is 5.32 Å². The normalized spacial score (nSPS) is 46.4. The minimum absolute atomic E-state index is 0.782. The molecule has 5 aliphatic carbocycles. The fraction of sp³-hybridized carbons (Fsp3) is 1.00. The lowest BCUT2D eigenvalue weighted by Gasteiger charge is -2.47. The third-order valence-corrected chi connectivity index (χ3v) is 7.02. The van der Waals surface area contributed by atoms with Gasteiger partial charge in [0.15, 0.2) is 0 Å². The lowest BCUT2D eigenvalue weighted by atomic mass is 9.58. The molecular weight excluding hydrogens is 230 g/mol. The predicted octanol–water partition coefficient (Wildman–Crippen LogP) is 3.49. The van der Waals surface area contributed by atoms with Crippen molar-refractivity contribution in [2.45, 2.75) is 83.1 Å². The maximum atomic E-state index is 2.80. The van der Waals surface area contributed by atoms with E-state index in [0.29, 0.717) is 0 Å². The Bertz CT molecular complexity index is 302. The van der Waals surface area contributed by atoms with E-state index in [4.69, 9.17) is 0 Å². The van der Waals surface area contributed by atoms with E-state index in [1.165, 1.54) is 38.6 Å². The molecule has 2 atom stereocenters. The van der Waals surface area contributed by atoms with E-state index in [1.54, 1.807) is 44.9 Å². The monoisotopic (exact) mass is 262 g/mol. The SMILES string of the molecule is C1CCC([NH2+]CC23CC4C[C@@H](CC[C@H](C4)C2)C3)CC1. The van der Waals surface area contributed by atoms with Gasteiger partial charge in [0.05, 0.1) is 12.6 Å². The second-order valence-electron chi connectivity index (χ2n) is 8.60. The van der Waals surface area contributed by atoms with Crippen LogP contribution in [0.4, 0.5) is 0 Å². The number of rotatable bonds is 3. The fourth-order valence-electron chi connectivity index (χ4n) is 6.41. The van der Waals surface area contributed by atoms with Crippen LogP contribution in [0.2, 0.25) is 0 Å². The van der Waals surface area contributed by atoms with Crippen molar-refractivity contribution in [1.29, 1.82) is 0 Å². The minimum atomic E-state index is 0.782. The second kappa shape index (κ2) is 5.06. The van der Waals surface area contributed by atoms with Crippen LogP contribution in [0.3, 0.4) is 0 Å². The van der Waals surface area contributed by atoms with Crippen molar-refractivity contribution in [1.82, 2.24) is 0 Å². The smallest absolute Gasteiger partial charge is 0.0859 e. The van der Waals surface area contributed by atoms with Crippen molar-refractivity contribution < 1.29 is 5.32 Å². The Labute approximate surface area is 118 Å². The number of hydrogen-bond acceptors (Lipinski definition) is 0. The van der Waals surface area contributed by atoms with Gasteiger partial charge in [0, 0.05) is 5.41 Å². The highest BCUT2D eigenvalue weighted by Gasteiger charge is 2.49. The van der Waals surface area contributed by atoms with Gasteiger partial charge < -0.3 is 5.32 Å². The van der Waals surface area contributed by atoms with Crippen LogP contribution in [0.5, 0.6) is 0 Å². The fourth-order valence-corrected chi connectivity index (χ4v) is 6.41. The van der Waals surface area contributed by atoms with Crippen LogP contribution in [0, 0.1) is 23.2 Å². The van der Waals surface area contributed by atoms with Gasteiger partial charge in [-0.25, -0.2) is 0 Å². The Hall–Kier alpha value is -0.0400. The van der Waals surface area contributed by atoms with Crippen molar-refractivity contribution in [2.24, 2.45) is 23.2 Å². The van der Waals surface area contributed by atoms with E-state index < -0.39 is 0 Å². The molecule has 0 spiro atoms. The molecule has 0 aromatic carbocycles. The molecule has 0 unspecified atom stereocenters. The summed E-state index contributed by atoms with van der Waals surface area (Å²) in [5, 5.41) is 2.80. The van der Waals surface area contributed by atoms with Crippen LogP contribution in [-0.4, -0.2) is 12.6 Å². The summed E-state index contributed by atoms with van der Waals surface area (Å²) in [6.07, 6.45) is 18.7. The highest BCUT2D eigenvalue weighted by Crippen LogP contribution is 2.57. The van der Waals surface area contributed by atoms with Crippen LogP contribution in [0.15, 0.2) is 0 Å². The summed E-state index contributed by atoms with van der Waals surface area (Å²) in [5.41, 5.74) is 0.782. The first-order valence-corrected chi connectivity index (χ1v) is 9.15. The molecule has 5 rings (SSSR count). The Morgan fingerprint density at radius 1 is 0.737 bits per heavy atom. The summed E-state index contributed by atoms with van der Waals surface area (Å²) >= 11 is 0. The van der Waals surface area contributed by atoms with E-state index in [0.717, 1.165) is 29.2 Å². The van der Waals surface area contributed by atoms with Gasteiger partial charge in [0.1, 0.15) is 0 Å². The van der Waals surface area contributed by atoms with E-state index in [1.807, 2.05) is 0 Å². The molecule has 4 bridgehead atoms. The summed E-state index contributed by atoms with van der Waals surface area (Å²) in [6, 6.07) is 0.989. The molecule has 108 valence electrons. The van der Waals surface area contributed by atoms with Gasteiger partial charge in [0.2, 0.25) is 0 Å². The predicted molar refractivity (Wildman–Crippen MR) is 78.9 cm³/mol. The van der Waals surface area contributed by atoms with Gasteiger partial charge in [-0.3, -0.25) is 0 Å². The van der Waals surface area contributed by atoms with Crippen LogP contribution in [0.1, 0.15) is 77.0 Å². The molecule has 5 saturated carbocycles. The summed E-state index contributed by atoms with van der Waals surface area (Å²) in [5.74, 6) is 3.36. The zero-order chi connectivity index (χ0) is 12.7. The number of quaternary nitrogens is 1. The molecule has 0 aliphatic heterocycles. The van der Waals surface area contributed by atoms with Crippen LogP contribution >= 0.6 is 0 Å². The maximum absolute atomic E-state index is 2.80. The minimum Gasteiger partial charge on any atom is -0.343 e. The van der Waals surface area contributed by atoms with Gasteiger partial charge in [0.25, 0.3) is 0 Å². The molecule has 0 amide bonds. The van der Waals surface area contributed by atoms with Crippen molar-refractivity contribution in [3.05, 3.63) is 0 Å². The summed E-state index contributed by atoms with van der Waals surface area (Å²) in [6.45, 7) is 1.49. The number of hydrogen-bond donors (Lipinski definition) is 1. The zero-order valence-corrected chi connectivity index (χ0v) is 12.6. The lowest BCUT2D eigenvalue weighted by molar-refractivity contribution is -0.703. The Balaban J connectivity index is 1.41. The molecule has 1 heteroatoms. The molecule has 2 N–H and O–H groups in total. The first kappa shape index (κ1) is 12.7. The highest BCUT2D eigenvalue weighted by molar-refractivity contribution is 4.98. The molecule has 19 heavy (non-hydrogen) atoms. The van der Waals surface area contributed by atoms with Crippen LogP contribution in [0.25, 0.3) is 0 Å². The first-order valence-electron chi connectivity index (χ1n) is 9.15. The molecule has 5 fully saturated rings. The average molecular weight is 262 g/mol. The standard InChI is InChI=1S/C18H31N/c1-2-4-17(5-3-1)19-13-18-10-14-6-7-15(11-18)9-16(8-14)12-18/h14-17,19H,1-13H2/p+1/t14-,15-,16?,18?/m1/s1. The van der Waals surface area contributed by atoms with Crippen molar-refractivity contribution in [3.63, 3.8) is 0 Å². The summed E-state index contributed by atoms with van der Waals surface area (Å²) < 4.78 is 0. The number of fused-ring (bicyclic) bond motifs is 1. The average Bonchev–Trinajstić information content (AvgIpc) is 2.64. The third kappa shape index (κ3) is 2.60. The van der Waals surface area contributed by atoms with Gasteiger partial charge in [-0.2, -0.15) is 0 Å². The van der Waals surface area contributed by atoms with Crippen LogP contribution in [-0.2, 0) is 0 Å². The van der Waals surface area contributed by atoms with Crippen molar-refractivity contribution in [3.8, 4) is 0 Å². The molecule has 0 radical (unpaired) electrons. The molecule has 0 heterocycles. The third-order valence-electron chi connectivity index (χ3n) is 7.02. The van der Waals surface area contributed by atoms with Gasteiger partial charge in [-0.1, -0.05) is 19.3 Å². The Morgan fingerprint density at radius 2 is 1.37 bits per heavy atom. The zero-order valence-electron chi connectivity index (χ0n) is 12.6. The second-order valence-corrected chi connectivity index (χ2v) is 8.60. The van der Waals surface area contributed by atoms with Gasteiger partial charge >= 0.3 is 0 Å². The van der Waals surface area contributed by atoms with Gasteiger partial charge in [-0.15, -0.1) is 0 Å². The highest BCUT2D eigenvalue weighted by atomic mass is 14.9. The van der Waals surface area contributed by atoms with Crippen molar-refractivity contribution >= 4 is 0 Å². The molecule has 0 aromatic rings. The molecule has 0 aromatic heterocycles. The summed E-state index contributed by atoms with van der Waals surface area (Å²) in [7, 11) is 0. The summed E-state index contributed by atoms with van der Waals surface area (Å²) in [4.78, 5) is 0. The molecule has 5 aliphatic rings.